The number of carbonyl (C=O) groups excluding carboxylic acids is 4. The summed E-state index contributed by atoms with van der Waals surface area (Å²) in [5.74, 6) is -1.11. The van der Waals surface area contributed by atoms with Crippen molar-refractivity contribution in [3.05, 3.63) is 71.5 Å². The van der Waals surface area contributed by atoms with Crippen LogP contribution < -0.4 is 16.0 Å². The Morgan fingerprint density at radius 2 is 1.46 bits per heavy atom. The van der Waals surface area contributed by atoms with Crippen LogP contribution in [0.1, 0.15) is 89.9 Å². The summed E-state index contributed by atoms with van der Waals surface area (Å²) < 4.78 is 53.1. The summed E-state index contributed by atoms with van der Waals surface area (Å²) in [4.78, 5) is 71.3. The molecule has 2 aromatic carbocycles. The van der Waals surface area contributed by atoms with Gasteiger partial charge in [0.25, 0.3) is 0 Å². The Kier molecular flexibility index (Phi) is 21.9. The molecule has 0 unspecified atom stereocenters. The van der Waals surface area contributed by atoms with Crippen LogP contribution in [0.3, 0.4) is 0 Å². The van der Waals surface area contributed by atoms with E-state index < -0.39 is 51.3 Å². The minimum Gasteiger partial charge on any atom is -0.393 e. The zero-order valence-electron chi connectivity index (χ0n) is 47.6. The lowest BCUT2D eigenvalue weighted by Gasteiger charge is -2.35. The number of benzene rings is 2. The highest BCUT2D eigenvalue weighted by atomic mass is 32.2. The number of hydrogen-bond acceptors (Lipinski definition) is 18. The van der Waals surface area contributed by atoms with E-state index >= 15 is 0 Å². The minimum absolute atomic E-state index is 0.0403. The second-order valence-corrected chi connectivity index (χ2v) is 24.8. The predicted octanol–water partition coefficient (Wildman–Crippen LogP) is 4.32. The molecule has 5 heterocycles. The van der Waals surface area contributed by atoms with Crippen LogP contribution in [0.5, 0.6) is 0 Å². The van der Waals surface area contributed by atoms with Gasteiger partial charge in [-0.3, -0.25) is 19.2 Å². The number of aromatic nitrogens is 5. The quantitative estimate of drug-likeness (QED) is 0.0458. The fraction of sp³-hybridized carbons (Fsp3) is 0.579. The lowest BCUT2D eigenvalue weighted by atomic mass is 9.85. The van der Waals surface area contributed by atoms with Gasteiger partial charge in [-0.25, -0.2) is 23.1 Å². The lowest BCUT2D eigenvalue weighted by molar-refractivity contribution is -0.144. The number of piperazine rings is 1. The standard InChI is InChI=1S/C57H79N11O12S2/c1-6-7-20-58-56-60-33-46-50(64-68(53(46)63-56)42-14-16-43(69)17-15-42)40-12-18-45(19-13-40)82(75,76)66-23-21-65(22-24-66)49(72)36-80-30-28-78-26-25-77-27-29-79-35-48(71)62-52(57(3,4)5)55(74)67-34-44(70)31-47(67)54(73)59-32-39-8-10-41(11-9-39)51-38(2)61-37-81-51/h8-13,18-19,33,37,42-44,47,52,69-70H,6-7,14-17,20-32,34-36H2,1-5H3,(H,59,73)(H,62,71)(H,58,60,63)/t42-,43-,44-,47+,52-/m1/s1. The molecule has 5 aromatic rings. The number of ether oxygens (including phenoxy) is 4. The van der Waals surface area contributed by atoms with E-state index in [2.05, 4.69) is 32.8 Å². The van der Waals surface area contributed by atoms with E-state index in [1.54, 1.807) is 52.2 Å². The van der Waals surface area contributed by atoms with Gasteiger partial charge < -0.3 is 54.9 Å². The SMILES string of the molecule is CCCCNc1ncc2c(-c3ccc(S(=O)(=O)N4CCN(C(=O)COCCOCCOCCOCC(=O)N[C@H](C(=O)N5C[C@H](O)C[C@H]5C(=O)NCc5ccc(-c6scnc6C)cc5)C(C)(C)C)CC4)cc3)nn([C@H]3CC[C@H](O)CC3)c2n1. The van der Waals surface area contributed by atoms with Gasteiger partial charge in [-0.05, 0) is 67.7 Å². The summed E-state index contributed by atoms with van der Waals surface area (Å²) in [5.41, 5.74) is 6.02. The van der Waals surface area contributed by atoms with Crippen LogP contribution in [0.2, 0.25) is 0 Å². The summed E-state index contributed by atoms with van der Waals surface area (Å²) >= 11 is 1.56. The Morgan fingerprint density at radius 3 is 2.10 bits per heavy atom. The summed E-state index contributed by atoms with van der Waals surface area (Å²) in [6.45, 7) is 11.8. The van der Waals surface area contributed by atoms with Crippen molar-refractivity contribution >= 4 is 62.0 Å². The first-order valence-corrected chi connectivity index (χ1v) is 30.6. The highest BCUT2D eigenvalue weighted by Gasteiger charge is 2.44. The summed E-state index contributed by atoms with van der Waals surface area (Å²) in [6.07, 6.45) is 5.55. The Labute approximate surface area is 483 Å². The van der Waals surface area contributed by atoms with E-state index in [0.29, 0.717) is 30.1 Å². The average Bonchev–Trinajstić information content (AvgIpc) is 4.23. The molecule has 446 valence electrons. The summed E-state index contributed by atoms with van der Waals surface area (Å²) in [7, 11) is -3.86. The third-order valence-corrected chi connectivity index (χ3v) is 17.8. The van der Waals surface area contributed by atoms with E-state index in [4.69, 9.17) is 29.0 Å². The second-order valence-electron chi connectivity index (χ2n) is 22.1. The molecule has 3 atom stereocenters. The number of thiazole rings is 1. The van der Waals surface area contributed by atoms with Crippen molar-refractivity contribution in [2.75, 3.05) is 97.4 Å². The number of aryl methyl sites for hydroxylation is 1. The van der Waals surface area contributed by atoms with Gasteiger partial charge in [0.05, 0.1) is 84.3 Å². The van der Waals surface area contributed by atoms with Crippen LogP contribution in [-0.2, 0) is 54.7 Å². The van der Waals surface area contributed by atoms with Gasteiger partial charge in [0.1, 0.15) is 31.0 Å². The number of anilines is 1. The van der Waals surface area contributed by atoms with Gasteiger partial charge in [0, 0.05) is 64.0 Å². The molecule has 5 N–H and O–H groups in total. The molecular formula is C57H79N11O12S2. The van der Waals surface area contributed by atoms with Gasteiger partial charge in [-0.2, -0.15) is 14.4 Å². The van der Waals surface area contributed by atoms with E-state index in [0.717, 1.165) is 64.9 Å². The number of nitrogens with zero attached hydrogens (tertiary/aromatic N) is 8. The first-order valence-electron chi connectivity index (χ1n) is 28.3. The third-order valence-electron chi connectivity index (χ3n) is 14.9. The largest absolute Gasteiger partial charge is 0.393 e. The van der Waals surface area contributed by atoms with Gasteiger partial charge in [0.15, 0.2) is 5.65 Å². The number of rotatable bonds is 27. The van der Waals surface area contributed by atoms with Crippen molar-refractivity contribution < 1.29 is 56.8 Å². The molecule has 2 aliphatic heterocycles. The third kappa shape index (κ3) is 16.2. The highest BCUT2D eigenvalue weighted by Crippen LogP contribution is 2.36. The fourth-order valence-electron chi connectivity index (χ4n) is 10.2. The molecule has 3 fully saturated rings. The molecule has 82 heavy (non-hydrogen) atoms. The van der Waals surface area contributed by atoms with Gasteiger partial charge in [-0.1, -0.05) is 70.5 Å². The van der Waals surface area contributed by atoms with E-state index in [-0.39, 0.29) is 121 Å². The molecule has 8 rings (SSSR count). The molecule has 25 heteroatoms. The molecule has 3 aromatic heterocycles. The van der Waals surface area contributed by atoms with Crippen molar-refractivity contribution in [3.8, 4) is 21.7 Å². The topological polar surface area (TPSA) is 282 Å². The van der Waals surface area contributed by atoms with Crippen LogP contribution in [-0.4, -0.2) is 198 Å². The number of amides is 4. The predicted molar refractivity (Wildman–Crippen MR) is 308 cm³/mol. The first-order chi connectivity index (χ1) is 39.4. The fourth-order valence-corrected chi connectivity index (χ4v) is 12.5. The lowest BCUT2D eigenvalue weighted by Crippen LogP contribution is -2.58. The summed E-state index contributed by atoms with van der Waals surface area (Å²) in [6, 6.07) is 12.6. The minimum atomic E-state index is -3.86. The normalized spacial score (nSPS) is 19.4. The molecule has 4 amide bonds. The van der Waals surface area contributed by atoms with Gasteiger partial charge in [0.2, 0.25) is 39.6 Å². The maximum atomic E-state index is 14.0. The van der Waals surface area contributed by atoms with E-state index in [1.165, 1.54) is 9.21 Å². The molecule has 0 bridgehead atoms. The Hall–Kier alpha value is -6.03. The molecule has 1 aliphatic carbocycles. The van der Waals surface area contributed by atoms with Crippen molar-refractivity contribution in [2.24, 2.45) is 5.41 Å². The zero-order chi connectivity index (χ0) is 58.4. The van der Waals surface area contributed by atoms with Crippen LogP contribution in [0.15, 0.2) is 65.1 Å². The van der Waals surface area contributed by atoms with E-state index in [9.17, 15) is 37.8 Å². The smallest absolute Gasteiger partial charge is 0.248 e. The number of hydrogen-bond donors (Lipinski definition) is 5. The van der Waals surface area contributed by atoms with Crippen molar-refractivity contribution in [1.29, 1.82) is 0 Å². The summed E-state index contributed by atoms with van der Waals surface area (Å²) in [5, 5.41) is 35.5. The second kappa shape index (κ2) is 29.0. The van der Waals surface area contributed by atoms with Crippen LogP contribution in [0.25, 0.3) is 32.7 Å². The number of β-amino-alcohol motifs (C(OH)–C–C–N with tert-alkyl or cyclic N) is 1. The number of aliphatic hydroxyl groups excluding tert-OH is 2. The molecular weight excluding hydrogens is 1090 g/mol. The maximum Gasteiger partial charge on any atom is 0.248 e. The average molecular weight is 1170 g/mol. The highest BCUT2D eigenvalue weighted by molar-refractivity contribution is 7.89. The molecule has 2 saturated heterocycles. The number of carbonyl (C=O) groups is 4. The van der Waals surface area contributed by atoms with Crippen molar-refractivity contribution in [2.45, 2.75) is 121 Å². The van der Waals surface area contributed by atoms with E-state index in [1.807, 2.05) is 56.6 Å². The molecule has 0 spiro atoms. The molecule has 1 saturated carbocycles. The monoisotopic (exact) mass is 1170 g/mol. The molecule has 23 nitrogen and oxygen atoms in total. The van der Waals surface area contributed by atoms with Crippen LogP contribution in [0.4, 0.5) is 5.95 Å². The number of aliphatic hydroxyl groups is 2. The Morgan fingerprint density at radius 1 is 0.817 bits per heavy atom. The van der Waals surface area contributed by atoms with Crippen LogP contribution >= 0.6 is 11.3 Å². The van der Waals surface area contributed by atoms with Gasteiger partial charge >= 0.3 is 0 Å². The Balaban J connectivity index is 0.683. The number of nitrogens with one attached hydrogen (secondary N) is 3. The van der Waals surface area contributed by atoms with Crippen molar-refractivity contribution in [1.82, 2.24) is 49.5 Å². The zero-order valence-corrected chi connectivity index (χ0v) is 49.2. The first kappa shape index (κ1) is 62.0. The van der Waals surface area contributed by atoms with Crippen molar-refractivity contribution in [3.63, 3.8) is 0 Å². The number of fused-ring (bicyclic) bond motifs is 1. The van der Waals surface area contributed by atoms with Crippen LogP contribution in [0, 0.1) is 12.3 Å². The Bertz CT molecular complexity index is 3030. The number of sulfonamides is 1. The maximum absolute atomic E-state index is 14.0. The molecule has 3 aliphatic rings. The van der Waals surface area contributed by atoms with Gasteiger partial charge in [-0.15, -0.1) is 11.3 Å². The molecule has 0 radical (unpaired) electrons. The number of unbranched alkanes of at least 4 members (excludes halogenated alkanes) is 1. The number of likely N-dealkylation sites (tertiary alicyclic amines) is 1.